The monoisotopic (exact) mass is 287 g/mol. The Hall–Kier alpha value is -0.900. The number of aryl methyl sites for hydroxylation is 1. The first kappa shape index (κ1) is 15.0. The largest absolute Gasteiger partial charge is 0.324 e. The lowest BCUT2D eigenvalue weighted by Gasteiger charge is -2.42. The lowest BCUT2D eigenvalue weighted by molar-refractivity contribution is 0.0575. The minimum Gasteiger partial charge on any atom is -0.324 e. The van der Waals surface area contributed by atoms with Crippen molar-refractivity contribution in [2.75, 3.05) is 26.2 Å². The number of hydrogen-bond acceptors (Lipinski definition) is 3. The van der Waals surface area contributed by atoms with Crippen molar-refractivity contribution in [2.45, 2.75) is 51.2 Å². The van der Waals surface area contributed by atoms with E-state index in [1.54, 1.807) is 0 Å². The molecular weight excluding hydrogens is 258 g/mol. The Morgan fingerprint density at radius 3 is 2.90 bits per heavy atom. The third kappa shape index (κ3) is 3.31. The molecule has 116 valence electrons. The van der Waals surface area contributed by atoms with E-state index in [0.717, 1.165) is 19.0 Å². The van der Waals surface area contributed by atoms with Crippen molar-refractivity contribution in [3.05, 3.63) is 35.4 Å². The van der Waals surface area contributed by atoms with Crippen LogP contribution in [0.5, 0.6) is 0 Å². The standard InChI is InChI=1S/C18H29N3/c1-14-6-3-4-8-17(14)18(19)9-11-20-13-16-7-5-10-21(16)12-15(20)2/h3-4,6,8,15-16,18H,5,7,9-13,19H2,1-2H3. The minimum absolute atomic E-state index is 0.167. The van der Waals surface area contributed by atoms with Crippen LogP contribution in [0.25, 0.3) is 0 Å². The Morgan fingerprint density at radius 1 is 1.29 bits per heavy atom. The number of nitrogens with zero attached hydrogens (tertiary/aromatic N) is 2. The molecule has 21 heavy (non-hydrogen) atoms. The zero-order valence-corrected chi connectivity index (χ0v) is 13.5. The molecule has 2 aliphatic heterocycles. The second kappa shape index (κ2) is 6.47. The number of piperazine rings is 1. The van der Waals surface area contributed by atoms with E-state index >= 15 is 0 Å². The van der Waals surface area contributed by atoms with Crippen molar-refractivity contribution in [3.8, 4) is 0 Å². The smallest absolute Gasteiger partial charge is 0.0309 e. The summed E-state index contributed by atoms with van der Waals surface area (Å²) in [6.45, 7) is 9.45. The van der Waals surface area contributed by atoms with Crippen LogP contribution in [0.1, 0.15) is 43.4 Å². The van der Waals surface area contributed by atoms with Crippen LogP contribution in [0.4, 0.5) is 0 Å². The fourth-order valence-corrected chi connectivity index (χ4v) is 4.02. The highest BCUT2D eigenvalue weighted by Gasteiger charge is 2.34. The van der Waals surface area contributed by atoms with Gasteiger partial charge in [0.1, 0.15) is 0 Å². The van der Waals surface area contributed by atoms with Crippen LogP contribution in [0.3, 0.4) is 0 Å². The number of hydrogen-bond donors (Lipinski definition) is 1. The Labute approximate surface area is 129 Å². The molecule has 3 unspecified atom stereocenters. The predicted octanol–water partition coefficient (Wildman–Crippen LogP) is 2.55. The molecule has 2 fully saturated rings. The zero-order chi connectivity index (χ0) is 14.8. The van der Waals surface area contributed by atoms with E-state index < -0.39 is 0 Å². The molecule has 3 atom stereocenters. The maximum Gasteiger partial charge on any atom is 0.0309 e. The summed E-state index contributed by atoms with van der Waals surface area (Å²) < 4.78 is 0. The van der Waals surface area contributed by atoms with Crippen molar-refractivity contribution >= 4 is 0 Å². The predicted molar refractivity (Wildman–Crippen MR) is 88.4 cm³/mol. The molecule has 2 aliphatic rings. The van der Waals surface area contributed by atoms with Gasteiger partial charge >= 0.3 is 0 Å². The van der Waals surface area contributed by atoms with Gasteiger partial charge in [0.15, 0.2) is 0 Å². The lowest BCUT2D eigenvalue weighted by Crippen LogP contribution is -2.55. The van der Waals surface area contributed by atoms with Gasteiger partial charge in [-0.1, -0.05) is 24.3 Å². The number of rotatable bonds is 4. The number of benzene rings is 1. The average molecular weight is 287 g/mol. The highest BCUT2D eigenvalue weighted by molar-refractivity contribution is 5.28. The quantitative estimate of drug-likeness (QED) is 0.924. The normalized spacial score (nSPS) is 28.5. The number of nitrogens with two attached hydrogens (primary N) is 1. The van der Waals surface area contributed by atoms with Gasteiger partial charge in [-0.25, -0.2) is 0 Å². The van der Waals surface area contributed by atoms with Crippen LogP contribution in [0.2, 0.25) is 0 Å². The topological polar surface area (TPSA) is 32.5 Å². The Morgan fingerprint density at radius 2 is 2.10 bits per heavy atom. The van der Waals surface area contributed by atoms with E-state index in [1.807, 2.05) is 0 Å². The first-order valence-electron chi connectivity index (χ1n) is 8.44. The highest BCUT2D eigenvalue weighted by Crippen LogP contribution is 2.26. The van der Waals surface area contributed by atoms with E-state index in [0.29, 0.717) is 6.04 Å². The second-order valence-electron chi connectivity index (χ2n) is 6.89. The van der Waals surface area contributed by atoms with E-state index in [-0.39, 0.29) is 6.04 Å². The highest BCUT2D eigenvalue weighted by atomic mass is 15.3. The van der Waals surface area contributed by atoms with Crippen LogP contribution >= 0.6 is 0 Å². The SMILES string of the molecule is Cc1ccccc1C(N)CCN1CC2CCCN2CC1C. The van der Waals surface area contributed by atoms with Gasteiger partial charge in [0.05, 0.1) is 0 Å². The zero-order valence-electron chi connectivity index (χ0n) is 13.5. The Balaban J connectivity index is 1.56. The van der Waals surface area contributed by atoms with Crippen LogP contribution in [-0.4, -0.2) is 48.1 Å². The van der Waals surface area contributed by atoms with Gasteiger partial charge in [-0.15, -0.1) is 0 Å². The summed E-state index contributed by atoms with van der Waals surface area (Å²) in [7, 11) is 0. The minimum atomic E-state index is 0.167. The number of fused-ring (bicyclic) bond motifs is 1. The molecule has 0 bridgehead atoms. The maximum absolute atomic E-state index is 6.43. The molecule has 2 saturated heterocycles. The molecule has 0 amide bonds. The van der Waals surface area contributed by atoms with Crippen LogP contribution in [0, 0.1) is 6.92 Å². The van der Waals surface area contributed by atoms with Gasteiger partial charge in [-0.05, 0) is 50.8 Å². The lowest BCUT2D eigenvalue weighted by atomic mass is 9.98. The average Bonchev–Trinajstić information content (AvgIpc) is 2.92. The third-order valence-corrected chi connectivity index (χ3v) is 5.38. The molecule has 1 aromatic carbocycles. The summed E-state index contributed by atoms with van der Waals surface area (Å²) in [5.41, 5.74) is 9.06. The van der Waals surface area contributed by atoms with E-state index in [9.17, 15) is 0 Å². The summed E-state index contributed by atoms with van der Waals surface area (Å²) in [6.07, 6.45) is 3.82. The molecule has 2 heterocycles. The first-order chi connectivity index (χ1) is 10.1. The molecule has 0 aliphatic carbocycles. The van der Waals surface area contributed by atoms with Crippen molar-refractivity contribution < 1.29 is 0 Å². The summed E-state index contributed by atoms with van der Waals surface area (Å²) in [4.78, 5) is 5.34. The molecule has 0 radical (unpaired) electrons. The molecule has 0 spiro atoms. The van der Waals surface area contributed by atoms with Gasteiger partial charge in [0, 0.05) is 37.8 Å². The Bertz CT molecular complexity index is 473. The molecule has 3 rings (SSSR count). The van der Waals surface area contributed by atoms with Crippen molar-refractivity contribution in [2.24, 2.45) is 5.73 Å². The van der Waals surface area contributed by atoms with Gasteiger partial charge in [0.2, 0.25) is 0 Å². The van der Waals surface area contributed by atoms with Gasteiger partial charge in [0.25, 0.3) is 0 Å². The van der Waals surface area contributed by atoms with E-state index in [1.165, 1.54) is 43.6 Å². The Kier molecular flexibility index (Phi) is 4.63. The summed E-state index contributed by atoms with van der Waals surface area (Å²) in [5, 5.41) is 0. The van der Waals surface area contributed by atoms with E-state index in [2.05, 4.69) is 47.9 Å². The molecule has 0 saturated carbocycles. The molecule has 0 aromatic heterocycles. The van der Waals surface area contributed by atoms with Crippen molar-refractivity contribution in [1.29, 1.82) is 0 Å². The first-order valence-corrected chi connectivity index (χ1v) is 8.44. The molecular formula is C18H29N3. The summed E-state index contributed by atoms with van der Waals surface area (Å²) >= 11 is 0. The van der Waals surface area contributed by atoms with Crippen LogP contribution in [-0.2, 0) is 0 Å². The third-order valence-electron chi connectivity index (χ3n) is 5.38. The fraction of sp³-hybridized carbons (Fsp3) is 0.667. The second-order valence-corrected chi connectivity index (χ2v) is 6.89. The summed E-state index contributed by atoms with van der Waals surface area (Å²) in [6, 6.07) is 10.2. The molecule has 1 aromatic rings. The van der Waals surface area contributed by atoms with Crippen LogP contribution < -0.4 is 5.73 Å². The van der Waals surface area contributed by atoms with Gasteiger partial charge < -0.3 is 5.73 Å². The van der Waals surface area contributed by atoms with Crippen LogP contribution in [0.15, 0.2) is 24.3 Å². The van der Waals surface area contributed by atoms with E-state index in [4.69, 9.17) is 5.73 Å². The maximum atomic E-state index is 6.43. The molecule has 3 heteroatoms. The molecule has 3 nitrogen and oxygen atoms in total. The van der Waals surface area contributed by atoms with Crippen molar-refractivity contribution in [1.82, 2.24) is 9.80 Å². The summed E-state index contributed by atoms with van der Waals surface area (Å²) in [5.74, 6) is 0. The fourth-order valence-electron chi connectivity index (χ4n) is 4.02. The van der Waals surface area contributed by atoms with Gasteiger partial charge in [-0.2, -0.15) is 0 Å². The molecule has 2 N–H and O–H groups in total. The van der Waals surface area contributed by atoms with Crippen molar-refractivity contribution in [3.63, 3.8) is 0 Å². The van der Waals surface area contributed by atoms with Gasteiger partial charge in [-0.3, -0.25) is 9.80 Å².